The van der Waals surface area contributed by atoms with E-state index in [-0.39, 0.29) is 16.7 Å². The first-order valence-corrected chi connectivity index (χ1v) is 8.54. The Bertz CT molecular complexity index is 899. The van der Waals surface area contributed by atoms with Crippen LogP contribution in [0.2, 0.25) is 0 Å². The van der Waals surface area contributed by atoms with E-state index in [1.807, 2.05) is 24.3 Å². The summed E-state index contributed by atoms with van der Waals surface area (Å²) in [7, 11) is 2.09. The first-order chi connectivity index (χ1) is 12.5. The maximum Gasteiger partial charge on any atom is 0.278 e. The fourth-order valence-corrected chi connectivity index (χ4v) is 3.20. The van der Waals surface area contributed by atoms with Crippen LogP contribution in [-0.2, 0) is 6.54 Å². The van der Waals surface area contributed by atoms with E-state index in [4.69, 9.17) is 0 Å². The number of aromatic nitrogens is 1. The number of non-ortho nitro benzene ring substituents is 1. The Hall–Kier alpha value is -2.99. The fraction of sp³-hybridized carbons (Fsp3) is 0.250. The minimum absolute atomic E-state index is 0.0764. The van der Waals surface area contributed by atoms with E-state index in [2.05, 4.69) is 41.3 Å². The summed E-state index contributed by atoms with van der Waals surface area (Å²) in [6.07, 6.45) is 3.20. The quantitative estimate of drug-likeness (QED) is 0.514. The number of anilines is 1. The van der Waals surface area contributed by atoms with Crippen LogP contribution in [0.4, 0.5) is 11.4 Å². The molecular weight excluding hydrogens is 328 g/mol. The van der Waals surface area contributed by atoms with Crippen molar-refractivity contribution in [3.63, 3.8) is 0 Å². The molecule has 1 N–H and O–H groups in total. The van der Waals surface area contributed by atoms with Gasteiger partial charge in [-0.15, -0.1) is 0 Å². The minimum Gasteiger partial charge on any atom is -0.381 e. The van der Waals surface area contributed by atoms with E-state index in [9.17, 15) is 10.1 Å². The first kappa shape index (κ1) is 17.8. The van der Waals surface area contributed by atoms with E-state index in [1.54, 1.807) is 18.5 Å². The van der Waals surface area contributed by atoms with Crippen LogP contribution in [0.15, 0.2) is 60.9 Å². The smallest absolute Gasteiger partial charge is 0.278 e. The van der Waals surface area contributed by atoms with Crippen LogP contribution < -0.4 is 5.32 Å². The minimum atomic E-state index is -0.370. The molecule has 3 aromatic rings. The molecule has 0 radical (unpaired) electrons. The number of nitrogens with one attached hydrogen (secondary N) is 1. The Morgan fingerprint density at radius 2 is 1.92 bits per heavy atom. The highest BCUT2D eigenvalue weighted by atomic mass is 16.6. The van der Waals surface area contributed by atoms with Gasteiger partial charge in [-0.3, -0.25) is 15.1 Å². The summed E-state index contributed by atoms with van der Waals surface area (Å²) in [5.41, 5.74) is 2.23. The van der Waals surface area contributed by atoms with Crippen molar-refractivity contribution in [1.82, 2.24) is 9.88 Å². The molecule has 2 aromatic carbocycles. The number of hydrogen-bond acceptors (Lipinski definition) is 5. The second kappa shape index (κ2) is 7.93. The lowest BCUT2D eigenvalue weighted by Gasteiger charge is -2.23. The summed E-state index contributed by atoms with van der Waals surface area (Å²) in [6.45, 7) is 3.83. The molecular formula is C20H22N4O2. The lowest BCUT2D eigenvalue weighted by molar-refractivity contribution is -0.383. The lowest BCUT2D eigenvalue weighted by Crippen LogP contribution is -2.32. The normalized spacial score (nSPS) is 12.3. The van der Waals surface area contributed by atoms with Crippen molar-refractivity contribution >= 4 is 22.1 Å². The summed E-state index contributed by atoms with van der Waals surface area (Å²) in [6, 6.07) is 15.6. The van der Waals surface area contributed by atoms with Crippen molar-refractivity contribution in [2.75, 3.05) is 18.9 Å². The third-order valence-electron chi connectivity index (χ3n) is 4.27. The molecule has 26 heavy (non-hydrogen) atoms. The molecule has 0 spiro atoms. The summed E-state index contributed by atoms with van der Waals surface area (Å²) in [5.74, 6) is 0. The highest BCUT2D eigenvalue weighted by Crippen LogP contribution is 2.31. The van der Waals surface area contributed by atoms with E-state index in [0.717, 1.165) is 24.2 Å². The van der Waals surface area contributed by atoms with Gasteiger partial charge in [0.15, 0.2) is 0 Å². The van der Waals surface area contributed by atoms with Crippen LogP contribution in [0.25, 0.3) is 10.8 Å². The van der Waals surface area contributed by atoms with Crippen LogP contribution in [0.5, 0.6) is 0 Å². The highest BCUT2D eigenvalue weighted by molar-refractivity contribution is 5.99. The topological polar surface area (TPSA) is 71.3 Å². The Balaban J connectivity index is 1.72. The van der Waals surface area contributed by atoms with Crippen LogP contribution in [0.1, 0.15) is 12.5 Å². The predicted octanol–water partition coefficient (Wildman–Crippen LogP) is 4.08. The molecule has 0 saturated carbocycles. The van der Waals surface area contributed by atoms with Gasteiger partial charge in [0.25, 0.3) is 5.69 Å². The average Bonchev–Trinajstić information content (AvgIpc) is 2.62. The van der Waals surface area contributed by atoms with Gasteiger partial charge in [0.1, 0.15) is 0 Å². The second-order valence-electron chi connectivity index (χ2n) is 6.54. The lowest BCUT2D eigenvalue weighted by atomic mass is 10.1. The van der Waals surface area contributed by atoms with Gasteiger partial charge in [-0.2, -0.15) is 0 Å². The van der Waals surface area contributed by atoms with Gasteiger partial charge in [0, 0.05) is 48.7 Å². The molecule has 0 fully saturated rings. The molecule has 6 heteroatoms. The van der Waals surface area contributed by atoms with Gasteiger partial charge < -0.3 is 10.2 Å². The predicted molar refractivity (Wildman–Crippen MR) is 104 cm³/mol. The number of nitro benzene ring substituents is 1. The van der Waals surface area contributed by atoms with Crippen LogP contribution >= 0.6 is 0 Å². The van der Waals surface area contributed by atoms with Crippen LogP contribution in [0, 0.1) is 10.1 Å². The fourth-order valence-electron chi connectivity index (χ4n) is 3.20. The van der Waals surface area contributed by atoms with Gasteiger partial charge in [0.2, 0.25) is 0 Å². The Morgan fingerprint density at radius 1 is 1.15 bits per heavy atom. The molecule has 1 aromatic heterocycles. The SMILES string of the molecule is CC(CN(C)Cc1ccccc1)Nc1ccc([N+](=O)[O-])c2cnccc12. The molecule has 1 heterocycles. The summed E-state index contributed by atoms with van der Waals surface area (Å²) in [4.78, 5) is 17.1. The number of fused-ring (bicyclic) bond motifs is 1. The average molecular weight is 350 g/mol. The monoisotopic (exact) mass is 350 g/mol. The molecule has 1 unspecified atom stereocenters. The third kappa shape index (κ3) is 4.15. The number of likely N-dealkylation sites (N-methyl/N-ethyl adjacent to an activating group) is 1. The summed E-state index contributed by atoms with van der Waals surface area (Å²) in [5, 5.41) is 16.1. The zero-order valence-electron chi connectivity index (χ0n) is 14.9. The summed E-state index contributed by atoms with van der Waals surface area (Å²) < 4.78 is 0. The highest BCUT2D eigenvalue weighted by Gasteiger charge is 2.15. The Morgan fingerprint density at radius 3 is 2.65 bits per heavy atom. The number of benzene rings is 2. The zero-order chi connectivity index (χ0) is 18.5. The van der Waals surface area contributed by atoms with E-state index < -0.39 is 0 Å². The molecule has 3 rings (SSSR count). The molecule has 0 aliphatic rings. The van der Waals surface area contributed by atoms with Gasteiger partial charge in [-0.05, 0) is 31.7 Å². The molecule has 6 nitrogen and oxygen atoms in total. The molecule has 134 valence electrons. The van der Waals surface area contributed by atoms with E-state index in [1.165, 1.54) is 11.6 Å². The van der Waals surface area contributed by atoms with Crippen LogP contribution in [-0.4, -0.2) is 34.4 Å². The number of nitrogens with zero attached hydrogens (tertiary/aromatic N) is 3. The van der Waals surface area contributed by atoms with Gasteiger partial charge in [-0.25, -0.2) is 0 Å². The van der Waals surface area contributed by atoms with E-state index >= 15 is 0 Å². The van der Waals surface area contributed by atoms with Gasteiger partial charge >= 0.3 is 0 Å². The molecule has 1 atom stereocenters. The molecule has 0 aliphatic heterocycles. The van der Waals surface area contributed by atoms with Crippen molar-refractivity contribution in [3.05, 3.63) is 76.6 Å². The number of hydrogen-bond donors (Lipinski definition) is 1. The number of pyridine rings is 1. The Labute approximate surface area is 152 Å². The molecule has 0 aliphatic carbocycles. The van der Waals surface area contributed by atoms with Crippen molar-refractivity contribution < 1.29 is 4.92 Å². The maximum absolute atomic E-state index is 11.2. The number of rotatable bonds is 7. The van der Waals surface area contributed by atoms with Crippen molar-refractivity contribution in [1.29, 1.82) is 0 Å². The van der Waals surface area contributed by atoms with Crippen molar-refractivity contribution in [2.24, 2.45) is 0 Å². The number of nitro groups is 1. The van der Waals surface area contributed by atoms with Gasteiger partial charge in [0.05, 0.1) is 10.3 Å². The third-order valence-corrected chi connectivity index (χ3v) is 4.27. The maximum atomic E-state index is 11.2. The first-order valence-electron chi connectivity index (χ1n) is 8.54. The molecule has 0 bridgehead atoms. The molecule has 0 saturated heterocycles. The van der Waals surface area contributed by atoms with E-state index in [0.29, 0.717) is 5.39 Å². The van der Waals surface area contributed by atoms with Crippen LogP contribution in [0.3, 0.4) is 0 Å². The largest absolute Gasteiger partial charge is 0.381 e. The second-order valence-corrected chi connectivity index (χ2v) is 6.54. The van der Waals surface area contributed by atoms with Crippen molar-refractivity contribution in [3.8, 4) is 0 Å². The summed E-state index contributed by atoms with van der Waals surface area (Å²) >= 11 is 0. The zero-order valence-corrected chi connectivity index (χ0v) is 14.9. The van der Waals surface area contributed by atoms with Crippen molar-refractivity contribution in [2.45, 2.75) is 19.5 Å². The van der Waals surface area contributed by atoms with Gasteiger partial charge in [-0.1, -0.05) is 30.3 Å². The molecule has 0 amide bonds. The standard InChI is InChI=1S/C20H22N4O2/c1-15(13-23(2)14-16-6-4-3-5-7-16)22-19-8-9-20(24(25)26)18-12-21-11-10-17(18)19/h3-12,15,22H,13-14H2,1-2H3. The Kier molecular flexibility index (Phi) is 5.43.